The number of methoxy groups -OCH3 is 1. The summed E-state index contributed by atoms with van der Waals surface area (Å²) in [4.78, 5) is 16.5. The van der Waals surface area contributed by atoms with E-state index in [1.54, 1.807) is 30.1 Å². The molecule has 0 radical (unpaired) electrons. The van der Waals surface area contributed by atoms with Crippen LogP contribution in [0.5, 0.6) is 5.75 Å². The topological polar surface area (TPSA) is 69.0 Å². The van der Waals surface area contributed by atoms with Crippen molar-refractivity contribution in [2.75, 3.05) is 7.11 Å². The first-order valence-electron chi connectivity index (χ1n) is 7.55. The van der Waals surface area contributed by atoms with Crippen LogP contribution in [-0.2, 0) is 6.54 Å². The second-order valence-electron chi connectivity index (χ2n) is 5.34. The van der Waals surface area contributed by atoms with Gasteiger partial charge in [-0.1, -0.05) is 12.1 Å². The maximum Gasteiger partial charge on any atom is 0.253 e. The number of nitrogens with one attached hydrogen (secondary N) is 1. The predicted molar refractivity (Wildman–Crippen MR) is 90.3 cm³/mol. The fraction of sp³-hybridized carbons (Fsp3) is 0.167. The van der Waals surface area contributed by atoms with Crippen LogP contribution in [-0.4, -0.2) is 27.8 Å². The Balaban J connectivity index is 1.62. The van der Waals surface area contributed by atoms with Gasteiger partial charge in [-0.05, 0) is 42.8 Å². The quantitative estimate of drug-likeness (QED) is 0.783. The van der Waals surface area contributed by atoms with Gasteiger partial charge in [0.2, 0.25) is 0 Å². The molecule has 122 valence electrons. The number of nitrogens with zero attached hydrogens (tertiary/aromatic N) is 3. The first-order chi connectivity index (χ1) is 11.7. The van der Waals surface area contributed by atoms with E-state index in [0.717, 1.165) is 17.0 Å². The van der Waals surface area contributed by atoms with Crippen LogP contribution < -0.4 is 10.1 Å². The van der Waals surface area contributed by atoms with Crippen molar-refractivity contribution in [2.24, 2.45) is 0 Å². The highest BCUT2D eigenvalue weighted by Crippen LogP contribution is 2.11. The second kappa shape index (κ2) is 6.95. The predicted octanol–water partition coefficient (Wildman–Crippen LogP) is 2.51. The van der Waals surface area contributed by atoms with Gasteiger partial charge in [0.05, 0.1) is 18.4 Å². The number of pyridine rings is 1. The minimum Gasteiger partial charge on any atom is -0.497 e. The van der Waals surface area contributed by atoms with Crippen LogP contribution in [0.2, 0.25) is 0 Å². The van der Waals surface area contributed by atoms with Crippen LogP contribution >= 0.6 is 0 Å². The molecule has 0 bridgehead atoms. The van der Waals surface area contributed by atoms with Crippen molar-refractivity contribution in [2.45, 2.75) is 13.5 Å². The first-order valence-corrected chi connectivity index (χ1v) is 7.55. The van der Waals surface area contributed by atoms with E-state index in [2.05, 4.69) is 15.4 Å². The van der Waals surface area contributed by atoms with Crippen molar-refractivity contribution in [1.82, 2.24) is 20.1 Å². The number of hydrogen-bond acceptors (Lipinski definition) is 4. The third-order valence-corrected chi connectivity index (χ3v) is 3.58. The summed E-state index contributed by atoms with van der Waals surface area (Å²) in [5.74, 6) is 1.30. The van der Waals surface area contributed by atoms with E-state index in [0.29, 0.717) is 17.9 Å². The highest BCUT2D eigenvalue weighted by molar-refractivity contribution is 5.93. The van der Waals surface area contributed by atoms with Gasteiger partial charge in [0.15, 0.2) is 5.82 Å². The summed E-state index contributed by atoms with van der Waals surface area (Å²) in [6, 6.07) is 13.0. The molecule has 0 fully saturated rings. The van der Waals surface area contributed by atoms with E-state index >= 15 is 0 Å². The SMILES string of the molecule is COc1ccc(CNC(=O)c2ccc(-n3ccc(C)n3)nc2)cc1. The van der Waals surface area contributed by atoms with Crippen LogP contribution in [0.3, 0.4) is 0 Å². The van der Waals surface area contributed by atoms with Crippen LogP contribution in [0.4, 0.5) is 0 Å². The fourth-order valence-corrected chi connectivity index (χ4v) is 2.23. The number of rotatable bonds is 5. The lowest BCUT2D eigenvalue weighted by Crippen LogP contribution is -2.23. The van der Waals surface area contributed by atoms with E-state index in [9.17, 15) is 4.79 Å². The summed E-state index contributed by atoms with van der Waals surface area (Å²) < 4.78 is 6.79. The normalized spacial score (nSPS) is 10.4. The van der Waals surface area contributed by atoms with E-state index in [1.807, 2.05) is 43.5 Å². The molecule has 0 saturated carbocycles. The van der Waals surface area contributed by atoms with Crippen LogP contribution in [0, 0.1) is 6.92 Å². The molecule has 0 atom stereocenters. The zero-order chi connectivity index (χ0) is 16.9. The monoisotopic (exact) mass is 322 g/mol. The maximum atomic E-state index is 12.2. The van der Waals surface area contributed by atoms with Crippen LogP contribution in [0.25, 0.3) is 5.82 Å². The second-order valence-corrected chi connectivity index (χ2v) is 5.34. The average molecular weight is 322 g/mol. The molecular weight excluding hydrogens is 304 g/mol. The summed E-state index contributed by atoms with van der Waals surface area (Å²) in [7, 11) is 1.62. The molecule has 0 aliphatic heterocycles. The Hall–Kier alpha value is -3.15. The summed E-state index contributed by atoms with van der Waals surface area (Å²) in [6.07, 6.45) is 3.39. The molecule has 0 saturated heterocycles. The third-order valence-electron chi connectivity index (χ3n) is 3.58. The molecule has 0 spiro atoms. The molecule has 2 aromatic heterocycles. The number of carbonyl (C=O) groups is 1. The zero-order valence-electron chi connectivity index (χ0n) is 13.6. The summed E-state index contributed by atoms with van der Waals surface area (Å²) in [6.45, 7) is 2.36. The number of carbonyl (C=O) groups excluding carboxylic acids is 1. The third kappa shape index (κ3) is 3.60. The van der Waals surface area contributed by atoms with E-state index in [1.165, 1.54) is 0 Å². The van der Waals surface area contributed by atoms with Gasteiger partial charge < -0.3 is 10.1 Å². The van der Waals surface area contributed by atoms with Crippen LogP contribution in [0.1, 0.15) is 21.6 Å². The van der Waals surface area contributed by atoms with Gasteiger partial charge in [0.25, 0.3) is 5.91 Å². The molecule has 1 amide bonds. The van der Waals surface area contributed by atoms with Crippen molar-refractivity contribution >= 4 is 5.91 Å². The Bertz CT molecular complexity index is 823. The lowest BCUT2D eigenvalue weighted by atomic mass is 10.2. The molecule has 0 aliphatic carbocycles. The van der Waals surface area contributed by atoms with Gasteiger partial charge in [0, 0.05) is 18.9 Å². The Morgan fingerprint density at radius 1 is 1.17 bits per heavy atom. The molecule has 2 heterocycles. The molecule has 6 nitrogen and oxygen atoms in total. The number of aryl methyl sites for hydroxylation is 1. The summed E-state index contributed by atoms with van der Waals surface area (Å²) >= 11 is 0. The number of benzene rings is 1. The van der Waals surface area contributed by atoms with E-state index < -0.39 is 0 Å². The van der Waals surface area contributed by atoms with Crippen LogP contribution in [0.15, 0.2) is 54.9 Å². The fourth-order valence-electron chi connectivity index (χ4n) is 2.23. The van der Waals surface area contributed by atoms with Gasteiger partial charge in [-0.2, -0.15) is 5.10 Å². The molecular formula is C18H18N4O2. The van der Waals surface area contributed by atoms with Gasteiger partial charge in [-0.3, -0.25) is 4.79 Å². The lowest BCUT2D eigenvalue weighted by molar-refractivity contribution is 0.0950. The number of hydrogen-bond donors (Lipinski definition) is 1. The molecule has 3 rings (SSSR count). The van der Waals surface area contributed by atoms with Crippen molar-refractivity contribution in [3.05, 3.63) is 71.7 Å². The number of aromatic nitrogens is 3. The lowest BCUT2D eigenvalue weighted by Gasteiger charge is -2.07. The van der Waals surface area contributed by atoms with Gasteiger partial charge in [-0.15, -0.1) is 0 Å². The minimum absolute atomic E-state index is 0.165. The molecule has 24 heavy (non-hydrogen) atoms. The first kappa shape index (κ1) is 15.7. The van der Waals surface area contributed by atoms with Gasteiger partial charge in [-0.25, -0.2) is 9.67 Å². The molecule has 6 heteroatoms. The zero-order valence-corrected chi connectivity index (χ0v) is 13.6. The van der Waals surface area contributed by atoms with E-state index in [-0.39, 0.29) is 5.91 Å². The van der Waals surface area contributed by atoms with E-state index in [4.69, 9.17) is 4.74 Å². The molecule has 3 aromatic rings. The maximum absolute atomic E-state index is 12.2. The summed E-state index contributed by atoms with van der Waals surface area (Å²) in [5, 5.41) is 7.16. The van der Waals surface area contributed by atoms with Gasteiger partial charge in [0.1, 0.15) is 5.75 Å². The Labute approximate surface area is 140 Å². The van der Waals surface area contributed by atoms with Crippen molar-refractivity contribution in [3.63, 3.8) is 0 Å². The highest BCUT2D eigenvalue weighted by atomic mass is 16.5. The number of amides is 1. The van der Waals surface area contributed by atoms with Crippen molar-refractivity contribution in [1.29, 1.82) is 0 Å². The highest BCUT2D eigenvalue weighted by Gasteiger charge is 2.07. The molecule has 1 aromatic carbocycles. The average Bonchev–Trinajstić information content (AvgIpc) is 3.06. The van der Waals surface area contributed by atoms with Crippen molar-refractivity contribution in [3.8, 4) is 11.6 Å². The summed E-state index contributed by atoms with van der Waals surface area (Å²) in [5.41, 5.74) is 2.43. The standard InChI is InChI=1S/C18H18N4O2/c1-13-9-10-22(21-13)17-8-5-15(12-19-17)18(23)20-11-14-3-6-16(24-2)7-4-14/h3-10,12H,11H2,1-2H3,(H,20,23). The minimum atomic E-state index is -0.165. The smallest absolute Gasteiger partial charge is 0.253 e. The Morgan fingerprint density at radius 3 is 2.54 bits per heavy atom. The molecule has 0 aliphatic rings. The Kier molecular flexibility index (Phi) is 4.56. The number of ether oxygens (including phenoxy) is 1. The Morgan fingerprint density at radius 2 is 1.96 bits per heavy atom. The molecule has 1 N–H and O–H groups in total. The largest absolute Gasteiger partial charge is 0.497 e. The van der Waals surface area contributed by atoms with Crippen molar-refractivity contribution < 1.29 is 9.53 Å². The molecule has 0 unspecified atom stereocenters. The van der Waals surface area contributed by atoms with Gasteiger partial charge >= 0.3 is 0 Å².